The van der Waals surface area contributed by atoms with Crippen LogP contribution in [0.5, 0.6) is 0 Å². The van der Waals surface area contributed by atoms with E-state index < -0.39 is 5.60 Å². The Morgan fingerprint density at radius 2 is 1.89 bits per heavy atom. The fourth-order valence-corrected chi connectivity index (χ4v) is 7.47. The second-order valence-electron chi connectivity index (χ2n) is 10.4. The molecule has 0 aromatic carbocycles. The van der Waals surface area contributed by atoms with Gasteiger partial charge in [-0.15, -0.1) is 0 Å². The highest BCUT2D eigenvalue weighted by atomic mass is 16.5. The number of fused-ring (bicyclic) bond motifs is 5. The number of carbonyl (C=O) groups is 2. The largest absolute Gasteiger partial charge is 0.466 e. The summed E-state index contributed by atoms with van der Waals surface area (Å²) in [7, 11) is 0. The van der Waals surface area contributed by atoms with Gasteiger partial charge < -0.3 is 9.84 Å². The number of allylic oxidation sites excluding steroid dienone is 1. The number of ketones is 1. The Kier molecular flexibility index (Phi) is 5.01. The van der Waals surface area contributed by atoms with Crippen LogP contribution in [0.15, 0.2) is 11.6 Å². The van der Waals surface area contributed by atoms with Crippen LogP contribution in [0.3, 0.4) is 0 Å². The summed E-state index contributed by atoms with van der Waals surface area (Å²) >= 11 is 0. The minimum atomic E-state index is -0.937. The summed E-state index contributed by atoms with van der Waals surface area (Å²) in [5.41, 5.74) is 0.387. The van der Waals surface area contributed by atoms with Crippen LogP contribution in [0, 0.1) is 28.6 Å². The summed E-state index contributed by atoms with van der Waals surface area (Å²) in [6, 6.07) is 0. The van der Waals surface area contributed by atoms with E-state index in [2.05, 4.69) is 13.8 Å². The zero-order valence-corrected chi connectivity index (χ0v) is 17.8. The molecule has 0 heterocycles. The van der Waals surface area contributed by atoms with E-state index in [1.165, 1.54) is 5.57 Å². The molecule has 0 aromatic rings. The third kappa shape index (κ3) is 2.89. The molecule has 4 aliphatic rings. The van der Waals surface area contributed by atoms with E-state index in [4.69, 9.17) is 4.74 Å². The van der Waals surface area contributed by atoms with Gasteiger partial charge in [0.25, 0.3) is 0 Å². The normalized spacial score (nSPS) is 44.9. The molecule has 0 radical (unpaired) electrons. The summed E-state index contributed by atoms with van der Waals surface area (Å²) in [6.07, 6.45) is 10.5. The van der Waals surface area contributed by atoms with Gasteiger partial charge in [0.05, 0.1) is 18.6 Å². The van der Waals surface area contributed by atoms with Crippen molar-refractivity contribution in [2.45, 2.75) is 90.6 Å². The van der Waals surface area contributed by atoms with Crippen LogP contribution in [0.1, 0.15) is 85.0 Å². The molecule has 4 nitrogen and oxygen atoms in total. The highest BCUT2D eigenvalue weighted by Gasteiger charge is 2.64. The van der Waals surface area contributed by atoms with E-state index in [0.29, 0.717) is 43.0 Å². The Bertz CT molecular complexity index is 697. The molecular weight excluding hydrogens is 352 g/mol. The van der Waals surface area contributed by atoms with Crippen LogP contribution in [-0.4, -0.2) is 29.1 Å². The van der Waals surface area contributed by atoms with Crippen molar-refractivity contribution in [3.63, 3.8) is 0 Å². The highest BCUT2D eigenvalue weighted by Crippen LogP contribution is 2.68. The molecule has 156 valence electrons. The van der Waals surface area contributed by atoms with Crippen molar-refractivity contribution in [1.82, 2.24) is 0 Å². The van der Waals surface area contributed by atoms with E-state index in [0.717, 1.165) is 44.9 Å². The maximum absolute atomic E-state index is 12.3. The number of ether oxygens (including phenoxy) is 1. The maximum atomic E-state index is 12.3. The molecule has 4 rings (SSSR count). The molecule has 0 aromatic heterocycles. The maximum Gasteiger partial charge on any atom is 0.308 e. The van der Waals surface area contributed by atoms with Gasteiger partial charge in [-0.3, -0.25) is 9.59 Å². The molecule has 28 heavy (non-hydrogen) atoms. The summed E-state index contributed by atoms with van der Waals surface area (Å²) in [6.45, 7) is 7.04. The smallest absolute Gasteiger partial charge is 0.308 e. The summed E-state index contributed by atoms with van der Waals surface area (Å²) in [5.74, 6) is 1.71. The minimum Gasteiger partial charge on any atom is -0.466 e. The number of carbonyl (C=O) groups excluding carboxylic acids is 2. The van der Waals surface area contributed by atoms with E-state index >= 15 is 0 Å². The van der Waals surface area contributed by atoms with Crippen molar-refractivity contribution in [2.75, 3.05) is 6.61 Å². The van der Waals surface area contributed by atoms with Crippen LogP contribution < -0.4 is 0 Å². The molecule has 0 bridgehead atoms. The average molecular weight is 389 g/mol. The van der Waals surface area contributed by atoms with Crippen molar-refractivity contribution in [1.29, 1.82) is 0 Å². The lowest BCUT2D eigenvalue weighted by Gasteiger charge is -2.59. The number of hydrogen-bond acceptors (Lipinski definition) is 4. The van der Waals surface area contributed by atoms with Crippen LogP contribution in [-0.2, 0) is 14.3 Å². The molecule has 0 aliphatic heterocycles. The van der Waals surface area contributed by atoms with Gasteiger partial charge >= 0.3 is 5.97 Å². The van der Waals surface area contributed by atoms with Gasteiger partial charge in [-0.05, 0) is 86.0 Å². The molecule has 3 saturated carbocycles. The monoisotopic (exact) mass is 388 g/mol. The van der Waals surface area contributed by atoms with Crippen molar-refractivity contribution in [2.24, 2.45) is 28.6 Å². The summed E-state index contributed by atoms with van der Waals surface area (Å²) < 4.78 is 5.31. The van der Waals surface area contributed by atoms with Crippen molar-refractivity contribution in [3.8, 4) is 0 Å². The first kappa shape index (κ1) is 20.1. The molecule has 4 aliphatic carbocycles. The third-order valence-corrected chi connectivity index (χ3v) is 9.19. The third-order valence-electron chi connectivity index (χ3n) is 9.19. The Balaban J connectivity index is 1.56. The highest BCUT2D eigenvalue weighted by molar-refractivity contribution is 5.91. The second-order valence-corrected chi connectivity index (χ2v) is 10.4. The van der Waals surface area contributed by atoms with Gasteiger partial charge in [-0.2, -0.15) is 0 Å². The van der Waals surface area contributed by atoms with E-state index in [1.807, 2.05) is 13.0 Å². The fraction of sp³-hybridized carbons (Fsp3) is 0.833. The predicted octanol–water partition coefficient (Wildman–Crippen LogP) is 4.59. The van der Waals surface area contributed by atoms with Crippen LogP contribution in [0.2, 0.25) is 0 Å². The lowest BCUT2D eigenvalue weighted by atomic mass is 9.46. The minimum absolute atomic E-state index is 0.133. The Hall–Kier alpha value is -1.16. The van der Waals surface area contributed by atoms with Gasteiger partial charge in [0, 0.05) is 6.42 Å². The number of hydrogen-bond donors (Lipinski definition) is 1. The van der Waals surface area contributed by atoms with Gasteiger partial charge in [0.1, 0.15) is 0 Å². The number of aliphatic hydroxyl groups is 1. The first-order valence-corrected chi connectivity index (χ1v) is 11.4. The molecule has 1 N–H and O–H groups in total. The van der Waals surface area contributed by atoms with E-state index in [-0.39, 0.29) is 23.2 Å². The van der Waals surface area contributed by atoms with Gasteiger partial charge in [0.2, 0.25) is 0 Å². The number of esters is 1. The standard InChI is InChI=1S/C24H36O4/c1-4-13-28-21(26)15-24(27)12-9-20-18-6-5-16-14-17(25)7-10-22(16,2)19(18)8-11-23(20,24)3/h14,18-20,27H,4-13,15H2,1-3H3/t18-,19-,20+,22+,23+,24?/m1/s1. The fourth-order valence-electron chi connectivity index (χ4n) is 7.47. The van der Waals surface area contributed by atoms with E-state index in [9.17, 15) is 14.7 Å². The van der Waals surface area contributed by atoms with Crippen molar-refractivity contribution >= 4 is 11.8 Å². The summed E-state index contributed by atoms with van der Waals surface area (Å²) in [4.78, 5) is 24.3. The molecule has 6 atom stereocenters. The molecule has 4 heteroatoms. The second kappa shape index (κ2) is 6.97. The molecule has 1 unspecified atom stereocenters. The van der Waals surface area contributed by atoms with E-state index in [1.54, 1.807) is 0 Å². The summed E-state index contributed by atoms with van der Waals surface area (Å²) in [5, 5.41) is 11.6. The SMILES string of the molecule is CCCOC(=O)CC1(O)CC[C@H]2[C@@H]3CCC4=CC(=O)CC[C@]4(C)[C@@H]3CC[C@@]21C. The number of rotatable bonds is 4. The van der Waals surface area contributed by atoms with Crippen LogP contribution >= 0.6 is 0 Å². The Morgan fingerprint density at radius 3 is 2.64 bits per heavy atom. The molecule has 3 fully saturated rings. The first-order valence-electron chi connectivity index (χ1n) is 11.4. The first-order chi connectivity index (χ1) is 13.2. The van der Waals surface area contributed by atoms with Gasteiger partial charge in [0.15, 0.2) is 5.78 Å². The average Bonchev–Trinajstić information content (AvgIpc) is 2.91. The van der Waals surface area contributed by atoms with Gasteiger partial charge in [-0.1, -0.05) is 26.3 Å². The molecular formula is C24H36O4. The Labute approximate surface area is 169 Å². The predicted molar refractivity (Wildman–Crippen MR) is 108 cm³/mol. The van der Waals surface area contributed by atoms with Gasteiger partial charge in [-0.25, -0.2) is 0 Å². The van der Waals surface area contributed by atoms with Crippen LogP contribution in [0.25, 0.3) is 0 Å². The topological polar surface area (TPSA) is 63.6 Å². The lowest BCUT2D eigenvalue weighted by molar-refractivity contribution is -0.163. The molecule has 0 saturated heterocycles. The Morgan fingerprint density at radius 1 is 1.14 bits per heavy atom. The van der Waals surface area contributed by atoms with Crippen LogP contribution in [0.4, 0.5) is 0 Å². The zero-order valence-electron chi connectivity index (χ0n) is 17.8. The quantitative estimate of drug-likeness (QED) is 0.715. The zero-order chi connectivity index (χ0) is 20.2. The van der Waals surface area contributed by atoms with Crippen molar-refractivity contribution in [3.05, 3.63) is 11.6 Å². The molecule has 0 amide bonds. The van der Waals surface area contributed by atoms with Crippen molar-refractivity contribution < 1.29 is 19.4 Å². The lowest BCUT2D eigenvalue weighted by Crippen LogP contribution is -2.55. The molecule has 0 spiro atoms.